The van der Waals surface area contributed by atoms with Gasteiger partial charge in [-0.3, -0.25) is 9.89 Å². The first-order chi connectivity index (χ1) is 11.1. The van der Waals surface area contributed by atoms with Gasteiger partial charge in [-0.1, -0.05) is 6.08 Å². The first kappa shape index (κ1) is 18.4. The fourth-order valence-corrected chi connectivity index (χ4v) is 3.52. The molecule has 1 fully saturated rings. The monoisotopic (exact) mass is 319 g/mol. The molecule has 1 saturated carbocycles. The molecule has 1 heterocycles. The van der Waals surface area contributed by atoms with Crippen molar-refractivity contribution in [2.45, 2.75) is 51.2 Å². The lowest BCUT2D eigenvalue weighted by Crippen LogP contribution is -2.39. The molecule has 0 saturated heterocycles. The van der Waals surface area contributed by atoms with Crippen molar-refractivity contribution in [1.29, 1.82) is 0 Å². The van der Waals surface area contributed by atoms with E-state index < -0.39 is 0 Å². The predicted octanol–water partition coefficient (Wildman–Crippen LogP) is 3.02. The Balaban J connectivity index is 1.79. The van der Waals surface area contributed by atoms with Gasteiger partial charge in [-0.15, -0.1) is 6.58 Å². The SMILES string of the molecule is C=CCN(C)C1(C)C=C(C2CCC(NCCOCC)CC2)C=N1. The van der Waals surface area contributed by atoms with Crippen molar-refractivity contribution in [2.24, 2.45) is 10.9 Å². The summed E-state index contributed by atoms with van der Waals surface area (Å²) in [7, 11) is 2.11. The fourth-order valence-electron chi connectivity index (χ4n) is 3.52. The highest BCUT2D eigenvalue weighted by atomic mass is 16.5. The van der Waals surface area contributed by atoms with E-state index in [1.54, 1.807) is 0 Å². The summed E-state index contributed by atoms with van der Waals surface area (Å²) < 4.78 is 5.39. The van der Waals surface area contributed by atoms with Crippen LogP contribution in [0.25, 0.3) is 0 Å². The minimum atomic E-state index is -0.198. The van der Waals surface area contributed by atoms with Gasteiger partial charge >= 0.3 is 0 Å². The number of hydrogen-bond acceptors (Lipinski definition) is 4. The van der Waals surface area contributed by atoms with Gasteiger partial charge in [0.25, 0.3) is 0 Å². The maximum atomic E-state index is 5.39. The largest absolute Gasteiger partial charge is 0.380 e. The van der Waals surface area contributed by atoms with Gasteiger partial charge in [0.1, 0.15) is 5.66 Å². The van der Waals surface area contributed by atoms with Crippen LogP contribution in [0.15, 0.2) is 29.3 Å². The van der Waals surface area contributed by atoms with Crippen LogP contribution in [0.5, 0.6) is 0 Å². The van der Waals surface area contributed by atoms with Crippen LogP contribution in [0.1, 0.15) is 39.5 Å². The van der Waals surface area contributed by atoms with Crippen LogP contribution in [0.3, 0.4) is 0 Å². The first-order valence-corrected chi connectivity index (χ1v) is 9.00. The third kappa shape index (κ3) is 5.00. The van der Waals surface area contributed by atoms with Gasteiger partial charge in [-0.25, -0.2) is 0 Å². The van der Waals surface area contributed by atoms with Crippen molar-refractivity contribution < 1.29 is 4.74 Å². The van der Waals surface area contributed by atoms with Crippen LogP contribution < -0.4 is 5.32 Å². The van der Waals surface area contributed by atoms with Crippen LogP contribution in [0, 0.1) is 5.92 Å². The number of nitrogens with one attached hydrogen (secondary N) is 1. The number of aliphatic imine (C=N–C) groups is 1. The Kier molecular flexibility index (Phi) is 7.00. The number of rotatable bonds is 9. The van der Waals surface area contributed by atoms with E-state index in [-0.39, 0.29) is 5.66 Å². The maximum Gasteiger partial charge on any atom is 0.129 e. The predicted molar refractivity (Wildman–Crippen MR) is 98.0 cm³/mol. The molecule has 4 heteroatoms. The average molecular weight is 319 g/mol. The van der Waals surface area contributed by atoms with E-state index in [4.69, 9.17) is 9.73 Å². The normalized spacial score (nSPS) is 30.7. The molecule has 0 aromatic heterocycles. The van der Waals surface area contributed by atoms with Crippen LogP contribution in [-0.4, -0.2) is 56.2 Å². The number of allylic oxidation sites excluding steroid dienone is 1. The molecule has 130 valence electrons. The third-order valence-electron chi connectivity index (χ3n) is 5.17. The van der Waals surface area contributed by atoms with Gasteiger partial charge < -0.3 is 10.1 Å². The zero-order chi connectivity index (χ0) is 16.7. The molecule has 1 unspecified atom stereocenters. The molecule has 1 atom stereocenters. The van der Waals surface area contributed by atoms with Gasteiger partial charge in [0, 0.05) is 32.0 Å². The molecular weight excluding hydrogens is 286 g/mol. The van der Waals surface area contributed by atoms with Crippen molar-refractivity contribution in [3.63, 3.8) is 0 Å². The molecule has 4 nitrogen and oxygen atoms in total. The lowest BCUT2D eigenvalue weighted by Gasteiger charge is -2.31. The molecule has 2 rings (SSSR count). The summed E-state index contributed by atoms with van der Waals surface area (Å²) in [6.07, 6.45) is 11.4. The minimum Gasteiger partial charge on any atom is -0.380 e. The number of nitrogens with zero attached hydrogens (tertiary/aromatic N) is 2. The summed E-state index contributed by atoms with van der Waals surface area (Å²) in [4.78, 5) is 7.00. The molecule has 0 aromatic carbocycles. The van der Waals surface area contributed by atoms with Gasteiger partial charge in [0.2, 0.25) is 0 Å². The molecule has 2 aliphatic rings. The zero-order valence-electron chi connectivity index (χ0n) is 15.1. The molecule has 23 heavy (non-hydrogen) atoms. The van der Waals surface area contributed by atoms with E-state index in [1.165, 1.54) is 31.3 Å². The summed E-state index contributed by atoms with van der Waals surface area (Å²) in [6, 6.07) is 0.653. The average Bonchev–Trinajstić information content (AvgIpc) is 2.96. The highest BCUT2D eigenvalue weighted by Crippen LogP contribution is 2.34. The third-order valence-corrected chi connectivity index (χ3v) is 5.17. The van der Waals surface area contributed by atoms with Gasteiger partial charge in [-0.2, -0.15) is 0 Å². The number of hydrogen-bond donors (Lipinski definition) is 1. The molecule has 0 spiro atoms. The second-order valence-corrected chi connectivity index (χ2v) is 6.87. The summed E-state index contributed by atoms with van der Waals surface area (Å²) in [6.45, 7) is 11.5. The van der Waals surface area contributed by atoms with Gasteiger partial charge in [0.05, 0.1) is 6.61 Å². The van der Waals surface area contributed by atoms with E-state index in [9.17, 15) is 0 Å². The standard InChI is InChI=1S/C19H33N3O/c1-5-12-22(4)19(3)14-17(15-21-19)16-7-9-18(10-8-16)20-11-13-23-6-2/h5,14-16,18,20H,1,6-13H2,2-4H3. The van der Waals surface area contributed by atoms with Crippen LogP contribution in [0.4, 0.5) is 0 Å². The number of ether oxygens (including phenoxy) is 1. The summed E-state index contributed by atoms with van der Waals surface area (Å²) in [5.74, 6) is 0.669. The summed E-state index contributed by atoms with van der Waals surface area (Å²) in [5.41, 5.74) is 1.23. The van der Waals surface area contributed by atoms with E-state index in [0.717, 1.165) is 26.3 Å². The molecule has 0 radical (unpaired) electrons. The smallest absolute Gasteiger partial charge is 0.129 e. The van der Waals surface area contributed by atoms with E-state index in [0.29, 0.717) is 12.0 Å². The highest BCUT2D eigenvalue weighted by Gasteiger charge is 2.32. The summed E-state index contributed by atoms with van der Waals surface area (Å²) >= 11 is 0. The molecule has 1 aliphatic heterocycles. The van der Waals surface area contributed by atoms with E-state index in [2.05, 4.69) is 43.1 Å². The van der Waals surface area contributed by atoms with Crippen molar-refractivity contribution in [3.05, 3.63) is 24.3 Å². The van der Waals surface area contributed by atoms with Crippen molar-refractivity contribution in [1.82, 2.24) is 10.2 Å². The second kappa shape index (κ2) is 8.76. The molecule has 0 bridgehead atoms. The number of likely N-dealkylation sites (N-methyl/N-ethyl adjacent to an activating group) is 1. The topological polar surface area (TPSA) is 36.9 Å². The quantitative estimate of drug-likeness (QED) is 0.524. The Bertz CT molecular complexity index is 438. The highest BCUT2D eigenvalue weighted by molar-refractivity contribution is 5.83. The van der Waals surface area contributed by atoms with Crippen LogP contribution in [-0.2, 0) is 4.74 Å². The lowest BCUT2D eigenvalue weighted by molar-refractivity contribution is 0.144. The maximum absolute atomic E-state index is 5.39. The fraction of sp³-hybridized carbons (Fsp3) is 0.737. The Morgan fingerprint density at radius 2 is 2.17 bits per heavy atom. The minimum absolute atomic E-state index is 0.198. The second-order valence-electron chi connectivity index (χ2n) is 6.87. The van der Waals surface area contributed by atoms with Crippen LogP contribution in [0.2, 0.25) is 0 Å². The van der Waals surface area contributed by atoms with Gasteiger partial charge in [-0.05, 0) is 64.1 Å². The van der Waals surface area contributed by atoms with Crippen LogP contribution >= 0.6 is 0 Å². The zero-order valence-corrected chi connectivity index (χ0v) is 15.1. The Morgan fingerprint density at radius 3 is 2.83 bits per heavy atom. The van der Waals surface area contributed by atoms with Crippen molar-refractivity contribution in [3.8, 4) is 0 Å². The van der Waals surface area contributed by atoms with E-state index >= 15 is 0 Å². The molecule has 1 aliphatic carbocycles. The summed E-state index contributed by atoms with van der Waals surface area (Å²) in [5, 5.41) is 3.62. The molecule has 0 amide bonds. The Labute approximate surface area is 141 Å². The van der Waals surface area contributed by atoms with Gasteiger partial charge in [0.15, 0.2) is 0 Å². The lowest BCUT2D eigenvalue weighted by atomic mass is 9.81. The van der Waals surface area contributed by atoms with Crippen molar-refractivity contribution >= 4 is 6.21 Å². The Hall–Kier alpha value is -0.970. The molecule has 0 aromatic rings. The van der Waals surface area contributed by atoms with Crippen molar-refractivity contribution in [2.75, 3.05) is 33.4 Å². The van der Waals surface area contributed by atoms with E-state index in [1.807, 2.05) is 13.0 Å². The molecular formula is C19H33N3O. The first-order valence-electron chi connectivity index (χ1n) is 9.00. The Morgan fingerprint density at radius 1 is 1.43 bits per heavy atom. The molecule has 1 N–H and O–H groups in total.